The average Bonchev–Trinajstić information content (AvgIpc) is 2.53. The Morgan fingerprint density at radius 1 is 1.00 bits per heavy atom. The van der Waals surface area contributed by atoms with Crippen molar-refractivity contribution in [2.45, 2.75) is 6.04 Å². The largest absolute Gasteiger partial charge is 0.269 e. The third-order valence-electron chi connectivity index (χ3n) is 3.29. The van der Waals surface area contributed by atoms with E-state index >= 15 is 0 Å². The van der Waals surface area contributed by atoms with Gasteiger partial charge in [-0.15, -0.1) is 6.58 Å². The van der Waals surface area contributed by atoms with Crippen molar-refractivity contribution in [2.24, 2.45) is 0 Å². The summed E-state index contributed by atoms with van der Waals surface area (Å²) in [5.74, 6) is -0.0469. The van der Waals surface area contributed by atoms with E-state index in [1.54, 1.807) is 16.1 Å². The number of hydrogen-bond acceptors (Lipinski definition) is 2. The molecular weight excluding hydrogens is 260 g/mol. The van der Waals surface area contributed by atoms with E-state index in [0.717, 1.165) is 5.56 Å². The van der Waals surface area contributed by atoms with Gasteiger partial charge >= 0.3 is 0 Å². The van der Waals surface area contributed by atoms with E-state index in [1.807, 2.05) is 74.8 Å². The van der Waals surface area contributed by atoms with Crippen molar-refractivity contribution in [3.05, 3.63) is 84.4 Å². The second kappa shape index (κ2) is 6.86. The fourth-order valence-corrected chi connectivity index (χ4v) is 2.30. The van der Waals surface area contributed by atoms with Gasteiger partial charge in [0.2, 0.25) is 0 Å². The molecule has 0 aliphatic rings. The van der Waals surface area contributed by atoms with E-state index in [2.05, 4.69) is 6.58 Å². The topological polar surface area (TPSA) is 23.6 Å². The molecule has 1 atom stereocenters. The standard InChI is InChI=1S/C18H20N2O/c1-4-17(15-11-7-5-8-12-15)20(19(2)3)18(21)16-13-9-6-10-14-16/h4-14,17H,1H2,2-3H3. The first kappa shape index (κ1) is 15.0. The summed E-state index contributed by atoms with van der Waals surface area (Å²) in [6, 6.07) is 19.0. The molecule has 0 saturated heterocycles. The Kier molecular flexibility index (Phi) is 4.90. The molecule has 1 amide bonds. The molecule has 108 valence electrons. The van der Waals surface area contributed by atoms with Gasteiger partial charge in [0.1, 0.15) is 0 Å². The summed E-state index contributed by atoms with van der Waals surface area (Å²) in [4.78, 5) is 12.8. The summed E-state index contributed by atoms with van der Waals surface area (Å²) in [7, 11) is 3.72. The first-order valence-corrected chi connectivity index (χ1v) is 6.88. The Labute approximate surface area is 126 Å². The molecule has 3 heteroatoms. The fraction of sp³-hybridized carbons (Fsp3) is 0.167. The van der Waals surface area contributed by atoms with Crippen LogP contribution >= 0.6 is 0 Å². The van der Waals surface area contributed by atoms with Crippen molar-refractivity contribution in [3.63, 3.8) is 0 Å². The van der Waals surface area contributed by atoms with Gasteiger partial charge in [-0.2, -0.15) is 0 Å². The van der Waals surface area contributed by atoms with Crippen molar-refractivity contribution in [3.8, 4) is 0 Å². The number of rotatable bonds is 5. The summed E-state index contributed by atoms with van der Waals surface area (Å²) in [5, 5.41) is 3.51. The monoisotopic (exact) mass is 280 g/mol. The van der Waals surface area contributed by atoms with Crippen molar-refractivity contribution in [2.75, 3.05) is 14.1 Å². The van der Waals surface area contributed by atoms with Gasteiger partial charge in [-0.3, -0.25) is 9.80 Å². The molecule has 0 fully saturated rings. The van der Waals surface area contributed by atoms with E-state index in [0.29, 0.717) is 5.56 Å². The Balaban J connectivity index is 2.38. The van der Waals surface area contributed by atoms with Crippen LogP contribution in [0.3, 0.4) is 0 Å². The molecule has 0 saturated carbocycles. The molecule has 0 aromatic heterocycles. The Hall–Kier alpha value is -2.39. The van der Waals surface area contributed by atoms with E-state index in [9.17, 15) is 4.79 Å². The highest BCUT2D eigenvalue weighted by atomic mass is 16.2. The number of carbonyl (C=O) groups is 1. The SMILES string of the molecule is C=CC(c1ccccc1)N(C(=O)c1ccccc1)N(C)C. The van der Waals surface area contributed by atoms with Gasteiger partial charge in [-0.25, -0.2) is 5.01 Å². The molecule has 0 N–H and O–H groups in total. The number of hydrogen-bond donors (Lipinski definition) is 0. The summed E-state index contributed by atoms with van der Waals surface area (Å²) < 4.78 is 0. The van der Waals surface area contributed by atoms with Crippen LogP contribution in [-0.2, 0) is 0 Å². The highest BCUT2D eigenvalue weighted by molar-refractivity contribution is 5.94. The van der Waals surface area contributed by atoms with Crippen LogP contribution in [0.25, 0.3) is 0 Å². The van der Waals surface area contributed by atoms with Gasteiger partial charge in [0, 0.05) is 19.7 Å². The molecule has 2 aromatic carbocycles. The molecule has 0 bridgehead atoms. The second-order valence-corrected chi connectivity index (χ2v) is 4.95. The molecular formula is C18H20N2O. The normalized spacial score (nSPS) is 12.0. The zero-order valence-corrected chi connectivity index (χ0v) is 12.4. The molecule has 2 rings (SSSR count). The molecule has 0 spiro atoms. The van der Waals surface area contributed by atoms with Crippen LogP contribution in [0.15, 0.2) is 73.3 Å². The lowest BCUT2D eigenvalue weighted by molar-refractivity contribution is 0.00508. The molecule has 3 nitrogen and oxygen atoms in total. The first-order valence-electron chi connectivity index (χ1n) is 6.88. The molecule has 0 radical (unpaired) electrons. The van der Waals surface area contributed by atoms with Gasteiger partial charge in [0.05, 0.1) is 6.04 Å². The maximum Gasteiger partial charge on any atom is 0.269 e. The molecule has 21 heavy (non-hydrogen) atoms. The minimum absolute atomic E-state index is 0.0469. The lowest BCUT2D eigenvalue weighted by atomic mass is 10.1. The van der Waals surface area contributed by atoms with Crippen molar-refractivity contribution in [1.29, 1.82) is 0 Å². The smallest absolute Gasteiger partial charge is 0.268 e. The average molecular weight is 280 g/mol. The van der Waals surface area contributed by atoms with Crippen LogP contribution < -0.4 is 0 Å². The zero-order valence-electron chi connectivity index (χ0n) is 12.4. The number of amides is 1. The van der Waals surface area contributed by atoms with Gasteiger partial charge in [0.15, 0.2) is 0 Å². The van der Waals surface area contributed by atoms with Crippen molar-refractivity contribution >= 4 is 5.91 Å². The third-order valence-corrected chi connectivity index (χ3v) is 3.29. The number of nitrogens with zero attached hydrogens (tertiary/aromatic N) is 2. The van der Waals surface area contributed by atoms with Gasteiger partial charge in [0.25, 0.3) is 5.91 Å². The van der Waals surface area contributed by atoms with Gasteiger partial charge < -0.3 is 0 Å². The lowest BCUT2D eigenvalue weighted by Gasteiger charge is -2.35. The minimum Gasteiger partial charge on any atom is -0.268 e. The zero-order chi connectivity index (χ0) is 15.2. The van der Waals surface area contributed by atoms with Gasteiger partial charge in [-0.1, -0.05) is 54.6 Å². The second-order valence-electron chi connectivity index (χ2n) is 4.95. The fourth-order valence-electron chi connectivity index (χ4n) is 2.30. The summed E-state index contributed by atoms with van der Waals surface area (Å²) in [6.07, 6.45) is 1.79. The van der Waals surface area contributed by atoms with Crippen molar-refractivity contribution in [1.82, 2.24) is 10.0 Å². The van der Waals surface area contributed by atoms with Crippen LogP contribution in [0, 0.1) is 0 Å². The number of benzene rings is 2. The summed E-state index contributed by atoms with van der Waals surface area (Å²) in [5.41, 5.74) is 1.69. The number of carbonyl (C=O) groups excluding carboxylic acids is 1. The van der Waals surface area contributed by atoms with Gasteiger partial charge in [-0.05, 0) is 17.7 Å². The summed E-state index contributed by atoms with van der Waals surface area (Å²) >= 11 is 0. The van der Waals surface area contributed by atoms with E-state index in [4.69, 9.17) is 0 Å². The van der Waals surface area contributed by atoms with Crippen LogP contribution in [0.5, 0.6) is 0 Å². The Bertz CT molecular complexity index is 593. The molecule has 0 aliphatic heterocycles. The molecule has 2 aromatic rings. The van der Waals surface area contributed by atoms with Crippen LogP contribution in [0.1, 0.15) is 22.0 Å². The van der Waals surface area contributed by atoms with E-state index in [-0.39, 0.29) is 11.9 Å². The quantitative estimate of drug-likeness (QED) is 0.618. The third kappa shape index (κ3) is 3.38. The van der Waals surface area contributed by atoms with E-state index in [1.165, 1.54) is 0 Å². The Morgan fingerprint density at radius 2 is 1.52 bits per heavy atom. The van der Waals surface area contributed by atoms with E-state index < -0.39 is 0 Å². The lowest BCUT2D eigenvalue weighted by Crippen LogP contribution is -2.43. The predicted octanol–water partition coefficient (Wildman–Crippen LogP) is 3.53. The van der Waals surface area contributed by atoms with Crippen LogP contribution in [-0.4, -0.2) is 30.0 Å². The first-order chi connectivity index (χ1) is 10.1. The predicted molar refractivity (Wildman–Crippen MR) is 85.7 cm³/mol. The maximum atomic E-state index is 12.8. The maximum absolute atomic E-state index is 12.8. The highest BCUT2D eigenvalue weighted by Gasteiger charge is 2.25. The van der Waals surface area contributed by atoms with Crippen LogP contribution in [0.2, 0.25) is 0 Å². The van der Waals surface area contributed by atoms with Crippen LogP contribution in [0.4, 0.5) is 0 Å². The Morgan fingerprint density at radius 3 is 2.00 bits per heavy atom. The summed E-state index contributed by atoms with van der Waals surface area (Å²) in [6.45, 7) is 3.90. The molecule has 0 aliphatic carbocycles. The minimum atomic E-state index is -0.200. The molecule has 0 heterocycles. The van der Waals surface area contributed by atoms with Crippen molar-refractivity contribution < 1.29 is 4.79 Å². The highest BCUT2D eigenvalue weighted by Crippen LogP contribution is 2.24. The number of hydrazine groups is 1. The molecule has 1 unspecified atom stereocenters.